The van der Waals surface area contributed by atoms with E-state index in [-0.39, 0.29) is 29.5 Å². The molecule has 0 bridgehead atoms. The minimum Gasteiger partial charge on any atom is -0.342 e. The molecule has 3 rings (SSSR count). The Labute approximate surface area is 205 Å². The number of aromatic nitrogens is 3. The first-order chi connectivity index (χ1) is 16.3. The number of aryl methyl sites for hydroxylation is 2. The Bertz CT molecular complexity index is 1140. The molecule has 1 atom stereocenters. The van der Waals surface area contributed by atoms with Gasteiger partial charge >= 0.3 is 0 Å². The number of anilines is 1. The number of carbonyl (C=O) groups excluding carboxylic acids is 2. The molecule has 0 radical (unpaired) electrons. The molecular weight excluding hydrogens is 446 g/mol. The van der Waals surface area contributed by atoms with Crippen LogP contribution in [0.2, 0.25) is 0 Å². The van der Waals surface area contributed by atoms with Crippen molar-refractivity contribution in [3.05, 3.63) is 71.0 Å². The SMILES string of the molecule is CCc1ccccc1NC(=O)CSc1nnc([C@H](NC(=O)c2cccc(C)c2)C(C)C)n1CC. The fourth-order valence-corrected chi connectivity index (χ4v) is 4.55. The molecule has 0 aliphatic rings. The van der Waals surface area contributed by atoms with Gasteiger partial charge < -0.3 is 15.2 Å². The van der Waals surface area contributed by atoms with Crippen molar-refractivity contribution in [3.8, 4) is 0 Å². The van der Waals surface area contributed by atoms with Gasteiger partial charge in [-0.2, -0.15) is 0 Å². The average Bonchev–Trinajstić information content (AvgIpc) is 3.23. The number of para-hydroxylation sites is 1. The van der Waals surface area contributed by atoms with Crippen molar-refractivity contribution < 1.29 is 9.59 Å². The third-order valence-corrected chi connectivity index (χ3v) is 6.54. The first-order valence-electron chi connectivity index (χ1n) is 11.6. The van der Waals surface area contributed by atoms with Crippen LogP contribution in [0.15, 0.2) is 53.7 Å². The second-order valence-corrected chi connectivity index (χ2v) is 9.44. The summed E-state index contributed by atoms with van der Waals surface area (Å²) in [7, 11) is 0. The summed E-state index contributed by atoms with van der Waals surface area (Å²) in [4.78, 5) is 25.5. The largest absolute Gasteiger partial charge is 0.342 e. The highest BCUT2D eigenvalue weighted by atomic mass is 32.2. The van der Waals surface area contributed by atoms with E-state index in [0.717, 1.165) is 23.2 Å². The van der Waals surface area contributed by atoms with E-state index < -0.39 is 0 Å². The summed E-state index contributed by atoms with van der Waals surface area (Å²) in [5.74, 6) is 0.785. The van der Waals surface area contributed by atoms with E-state index in [9.17, 15) is 9.59 Å². The lowest BCUT2D eigenvalue weighted by Crippen LogP contribution is -2.33. The number of carbonyl (C=O) groups is 2. The Hall–Kier alpha value is -3.13. The van der Waals surface area contributed by atoms with Gasteiger partial charge in [0.25, 0.3) is 5.91 Å². The van der Waals surface area contributed by atoms with Crippen molar-refractivity contribution in [2.24, 2.45) is 5.92 Å². The van der Waals surface area contributed by atoms with E-state index >= 15 is 0 Å². The third kappa shape index (κ3) is 6.26. The van der Waals surface area contributed by atoms with E-state index in [0.29, 0.717) is 23.1 Å². The van der Waals surface area contributed by atoms with E-state index in [1.54, 1.807) is 6.07 Å². The van der Waals surface area contributed by atoms with Gasteiger partial charge in [0.2, 0.25) is 5.91 Å². The zero-order valence-corrected chi connectivity index (χ0v) is 21.3. The minimum atomic E-state index is -0.305. The van der Waals surface area contributed by atoms with Crippen LogP contribution >= 0.6 is 11.8 Å². The molecule has 3 aromatic rings. The average molecular weight is 480 g/mol. The molecular formula is C26H33N5O2S. The van der Waals surface area contributed by atoms with Gasteiger partial charge in [-0.05, 0) is 49.9 Å². The molecule has 0 spiro atoms. The quantitative estimate of drug-likeness (QED) is 0.398. The molecule has 180 valence electrons. The first-order valence-corrected chi connectivity index (χ1v) is 12.6. The van der Waals surface area contributed by atoms with Crippen molar-refractivity contribution in [1.82, 2.24) is 20.1 Å². The lowest BCUT2D eigenvalue weighted by Gasteiger charge is -2.22. The van der Waals surface area contributed by atoms with Gasteiger partial charge in [-0.3, -0.25) is 9.59 Å². The van der Waals surface area contributed by atoms with E-state index in [1.807, 2.05) is 74.7 Å². The van der Waals surface area contributed by atoms with Gasteiger partial charge in [0.1, 0.15) is 0 Å². The molecule has 2 amide bonds. The van der Waals surface area contributed by atoms with Crippen LogP contribution in [0.3, 0.4) is 0 Å². The molecule has 0 aliphatic heterocycles. The van der Waals surface area contributed by atoms with Crippen LogP contribution < -0.4 is 10.6 Å². The smallest absolute Gasteiger partial charge is 0.251 e. The molecule has 0 aliphatic carbocycles. The maximum absolute atomic E-state index is 12.9. The van der Waals surface area contributed by atoms with Crippen molar-refractivity contribution in [3.63, 3.8) is 0 Å². The summed E-state index contributed by atoms with van der Waals surface area (Å²) in [5, 5.41) is 15.5. The topological polar surface area (TPSA) is 88.9 Å². The molecule has 7 nitrogen and oxygen atoms in total. The molecule has 0 unspecified atom stereocenters. The summed E-state index contributed by atoms with van der Waals surface area (Å²) < 4.78 is 1.97. The molecule has 2 N–H and O–H groups in total. The molecule has 0 saturated carbocycles. The van der Waals surface area contributed by atoms with Crippen molar-refractivity contribution >= 4 is 29.3 Å². The van der Waals surface area contributed by atoms with Crippen LogP contribution in [0, 0.1) is 12.8 Å². The predicted octanol–water partition coefficient (Wildman–Crippen LogP) is 5.03. The van der Waals surface area contributed by atoms with Crippen molar-refractivity contribution in [2.75, 3.05) is 11.1 Å². The Balaban J connectivity index is 1.72. The van der Waals surface area contributed by atoms with Crippen molar-refractivity contribution in [1.29, 1.82) is 0 Å². The number of benzene rings is 2. The minimum absolute atomic E-state index is 0.0914. The molecule has 0 saturated heterocycles. The molecule has 2 aromatic carbocycles. The Morgan fingerprint density at radius 2 is 1.82 bits per heavy atom. The number of thioether (sulfide) groups is 1. The Morgan fingerprint density at radius 1 is 1.06 bits per heavy atom. The van der Waals surface area contributed by atoms with Crippen LogP contribution in [0.5, 0.6) is 0 Å². The van der Waals surface area contributed by atoms with Crippen LogP contribution in [0.25, 0.3) is 0 Å². The number of amides is 2. The number of rotatable bonds is 10. The second kappa shape index (κ2) is 11.8. The van der Waals surface area contributed by atoms with Crippen molar-refractivity contribution in [2.45, 2.75) is 58.8 Å². The maximum atomic E-state index is 12.9. The highest BCUT2D eigenvalue weighted by Gasteiger charge is 2.26. The van der Waals surface area contributed by atoms with Crippen LogP contribution in [0.1, 0.15) is 61.0 Å². The fourth-order valence-electron chi connectivity index (χ4n) is 3.74. The lowest BCUT2D eigenvalue weighted by atomic mass is 10.0. The van der Waals surface area contributed by atoms with Gasteiger partial charge in [0.05, 0.1) is 11.8 Å². The lowest BCUT2D eigenvalue weighted by molar-refractivity contribution is -0.113. The van der Waals surface area contributed by atoms with Gasteiger partial charge in [0.15, 0.2) is 11.0 Å². The fraction of sp³-hybridized carbons (Fsp3) is 0.385. The zero-order chi connectivity index (χ0) is 24.7. The maximum Gasteiger partial charge on any atom is 0.251 e. The highest BCUT2D eigenvalue weighted by Crippen LogP contribution is 2.26. The van der Waals surface area contributed by atoms with E-state index in [4.69, 9.17) is 0 Å². The van der Waals surface area contributed by atoms with Gasteiger partial charge in [-0.15, -0.1) is 10.2 Å². The molecule has 1 aromatic heterocycles. The standard InChI is InChI=1S/C26H33N5O2S/c1-6-19-12-8-9-14-21(19)27-22(32)16-34-26-30-29-24(31(26)7-2)23(17(3)4)28-25(33)20-13-10-11-18(5)15-20/h8-15,17,23H,6-7,16H2,1-5H3,(H,27,32)(H,28,33)/t23-/m1/s1. The molecule has 8 heteroatoms. The van der Waals surface area contributed by atoms with E-state index in [2.05, 4.69) is 27.8 Å². The zero-order valence-electron chi connectivity index (χ0n) is 20.5. The monoisotopic (exact) mass is 479 g/mol. The normalized spacial score (nSPS) is 11.9. The van der Waals surface area contributed by atoms with Gasteiger partial charge in [-0.25, -0.2) is 0 Å². The molecule has 0 fully saturated rings. The molecule has 1 heterocycles. The number of hydrogen-bond donors (Lipinski definition) is 2. The highest BCUT2D eigenvalue weighted by molar-refractivity contribution is 7.99. The Morgan fingerprint density at radius 3 is 2.50 bits per heavy atom. The van der Waals surface area contributed by atoms with Gasteiger partial charge in [0, 0.05) is 17.8 Å². The summed E-state index contributed by atoms with van der Waals surface area (Å²) in [6.07, 6.45) is 0.849. The predicted molar refractivity (Wildman–Crippen MR) is 137 cm³/mol. The summed E-state index contributed by atoms with van der Waals surface area (Å²) in [5.41, 5.74) is 3.59. The third-order valence-electron chi connectivity index (χ3n) is 5.58. The first kappa shape index (κ1) is 25.5. The van der Waals surface area contributed by atoms with Crippen LogP contribution in [0.4, 0.5) is 5.69 Å². The van der Waals surface area contributed by atoms with E-state index in [1.165, 1.54) is 11.8 Å². The van der Waals surface area contributed by atoms with Crippen LogP contribution in [-0.2, 0) is 17.8 Å². The second-order valence-electron chi connectivity index (χ2n) is 8.50. The van der Waals surface area contributed by atoms with Gasteiger partial charge in [-0.1, -0.05) is 68.4 Å². The summed E-state index contributed by atoms with van der Waals surface area (Å²) >= 11 is 1.34. The van der Waals surface area contributed by atoms with Crippen LogP contribution in [-0.4, -0.2) is 32.3 Å². The summed E-state index contributed by atoms with van der Waals surface area (Å²) in [6.45, 7) is 10.8. The Kier molecular flexibility index (Phi) is 8.87. The number of nitrogens with one attached hydrogen (secondary N) is 2. The number of nitrogens with zero attached hydrogens (tertiary/aromatic N) is 3. The molecule has 34 heavy (non-hydrogen) atoms. The summed E-state index contributed by atoms with van der Waals surface area (Å²) in [6, 6.07) is 15.0. The number of hydrogen-bond acceptors (Lipinski definition) is 5.